The van der Waals surface area contributed by atoms with Gasteiger partial charge in [-0.3, -0.25) is 4.79 Å². The van der Waals surface area contributed by atoms with E-state index in [1.165, 1.54) is 0 Å². The van der Waals surface area contributed by atoms with E-state index >= 15 is 0 Å². The molecule has 0 fully saturated rings. The molecule has 7 heteroatoms. The summed E-state index contributed by atoms with van der Waals surface area (Å²) in [6.45, 7) is 8.49. The van der Waals surface area contributed by atoms with E-state index in [2.05, 4.69) is 34.2 Å². The summed E-state index contributed by atoms with van der Waals surface area (Å²) in [4.78, 5) is 14.0. The Labute approximate surface area is 162 Å². The number of hydrogen-bond acceptors (Lipinski definition) is 4. The number of halogens is 1. The molecule has 1 aromatic carbocycles. The molecule has 0 aliphatic carbocycles. The van der Waals surface area contributed by atoms with Crippen molar-refractivity contribution in [3.05, 3.63) is 33.9 Å². The van der Waals surface area contributed by atoms with Gasteiger partial charge in [-0.1, -0.05) is 13.8 Å². The summed E-state index contributed by atoms with van der Waals surface area (Å²) in [5.74, 6) is 0.353. The molecule has 0 saturated heterocycles. The Morgan fingerprint density at radius 2 is 2.12 bits per heavy atom. The molecule has 1 aromatic rings. The Hall–Kier alpha value is -1.60. The second-order valence-electron chi connectivity index (χ2n) is 6.09. The lowest BCUT2D eigenvalue weighted by Gasteiger charge is -2.33. The Kier molecular flexibility index (Phi) is 6.46. The maximum atomic E-state index is 11.9. The summed E-state index contributed by atoms with van der Waals surface area (Å²) in [6.07, 6.45) is 2.11. The van der Waals surface area contributed by atoms with Crippen LogP contribution < -0.4 is 14.8 Å². The van der Waals surface area contributed by atoms with Crippen molar-refractivity contribution in [1.82, 2.24) is 10.2 Å². The molecule has 25 heavy (non-hydrogen) atoms. The molecule has 0 radical (unpaired) electrons. The average molecular weight is 427 g/mol. The van der Waals surface area contributed by atoms with E-state index in [4.69, 9.17) is 21.7 Å². The molecule has 136 valence electrons. The highest BCUT2D eigenvalue weighted by atomic mass is 79.9. The number of methoxy groups -OCH3 is 1. The van der Waals surface area contributed by atoms with Gasteiger partial charge >= 0.3 is 5.97 Å². The smallest absolute Gasteiger partial charge is 0.313 e. The zero-order valence-corrected chi connectivity index (χ0v) is 17.5. The van der Waals surface area contributed by atoms with Crippen molar-refractivity contribution in [1.29, 1.82) is 0 Å². The van der Waals surface area contributed by atoms with Crippen LogP contribution in [0.2, 0.25) is 0 Å². The van der Waals surface area contributed by atoms with Gasteiger partial charge in [-0.25, -0.2) is 0 Å². The van der Waals surface area contributed by atoms with Crippen LogP contribution in [0, 0.1) is 5.92 Å². The molecule has 1 aliphatic rings. The van der Waals surface area contributed by atoms with Crippen molar-refractivity contribution in [2.24, 2.45) is 5.92 Å². The Morgan fingerprint density at radius 3 is 2.64 bits per heavy atom. The van der Waals surface area contributed by atoms with E-state index in [1.54, 1.807) is 21.0 Å². The third-order valence-electron chi connectivity index (χ3n) is 3.96. The second kappa shape index (κ2) is 8.19. The number of benzene rings is 1. The van der Waals surface area contributed by atoms with Crippen LogP contribution in [-0.2, 0) is 4.79 Å². The average Bonchev–Trinajstić information content (AvgIpc) is 2.55. The number of thiocarbonyl (C=S) groups is 1. The van der Waals surface area contributed by atoms with Gasteiger partial charge in [0.25, 0.3) is 0 Å². The summed E-state index contributed by atoms with van der Waals surface area (Å²) >= 11 is 8.94. The lowest BCUT2D eigenvalue weighted by molar-refractivity contribution is -0.137. The predicted molar refractivity (Wildman–Crippen MR) is 106 cm³/mol. The van der Waals surface area contributed by atoms with Crippen LogP contribution in [0.4, 0.5) is 0 Å². The standard InChI is InChI=1S/C18H23BrN2O3S/c1-6-21-11(4)7-14(20-18(21)25)12-8-13(19)16(15(9-12)23-5)24-17(22)10(2)3/h7-10,14H,6H2,1-5H3,(H,20,25). The zero-order chi connectivity index (χ0) is 18.7. The fourth-order valence-corrected chi connectivity index (χ4v) is 3.49. The molecule has 1 heterocycles. The van der Waals surface area contributed by atoms with Gasteiger partial charge in [0.2, 0.25) is 0 Å². The van der Waals surface area contributed by atoms with Crippen molar-refractivity contribution in [3.8, 4) is 11.5 Å². The third-order valence-corrected chi connectivity index (χ3v) is 4.89. The van der Waals surface area contributed by atoms with Crippen molar-refractivity contribution in [2.75, 3.05) is 13.7 Å². The van der Waals surface area contributed by atoms with Crippen molar-refractivity contribution in [2.45, 2.75) is 33.7 Å². The SMILES string of the molecule is CCN1C(=S)NC(c2cc(Br)c(OC(=O)C(C)C)c(OC)c2)C=C1C. The summed E-state index contributed by atoms with van der Waals surface area (Å²) in [6, 6.07) is 3.70. The number of hydrogen-bond donors (Lipinski definition) is 1. The number of carbonyl (C=O) groups is 1. The molecule has 1 N–H and O–H groups in total. The van der Waals surface area contributed by atoms with Crippen LogP contribution in [0.3, 0.4) is 0 Å². The Bertz CT molecular complexity index is 719. The molecule has 1 aliphatic heterocycles. The van der Waals surface area contributed by atoms with Crippen LogP contribution in [0.15, 0.2) is 28.4 Å². The number of nitrogens with zero attached hydrogens (tertiary/aromatic N) is 1. The number of nitrogens with one attached hydrogen (secondary N) is 1. The second-order valence-corrected chi connectivity index (χ2v) is 7.33. The molecule has 0 bridgehead atoms. The highest BCUT2D eigenvalue weighted by Crippen LogP contribution is 2.39. The molecular formula is C18H23BrN2O3S. The predicted octanol–water partition coefficient (Wildman–Crippen LogP) is 4.17. The van der Waals surface area contributed by atoms with E-state index in [0.29, 0.717) is 21.1 Å². The topological polar surface area (TPSA) is 50.8 Å². The van der Waals surface area contributed by atoms with Gasteiger partial charge in [-0.2, -0.15) is 0 Å². The minimum Gasteiger partial charge on any atom is -0.493 e. The van der Waals surface area contributed by atoms with Gasteiger partial charge in [0, 0.05) is 12.2 Å². The molecule has 0 amide bonds. The maximum absolute atomic E-state index is 11.9. The molecule has 0 spiro atoms. The van der Waals surface area contributed by atoms with E-state index in [1.807, 2.05) is 24.0 Å². The molecule has 2 rings (SSSR count). The number of allylic oxidation sites excluding steroid dienone is 1. The summed E-state index contributed by atoms with van der Waals surface area (Å²) < 4.78 is 11.6. The van der Waals surface area contributed by atoms with Gasteiger partial charge < -0.3 is 19.7 Å². The van der Waals surface area contributed by atoms with E-state index < -0.39 is 0 Å². The van der Waals surface area contributed by atoms with Gasteiger partial charge in [0.1, 0.15) is 0 Å². The van der Waals surface area contributed by atoms with E-state index in [-0.39, 0.29) is 17.9 Å². The summed E-state index contributed by atoms with van der Waals surface area (Å²) in [5, 5.41) is 4.01. The third kappa shape index (κ3) is 4.33. The quantitative estimate of drug-likeness (QED) is 0.433. The van der Waals surface area contributed by atoms with Crippen LogP contribution in [-0.4, -0.2) is 29.6 Å². The first-order chi connectivity index (χ1) is 11.8. The minimum atomic E-state index is -0.307. The first-order valence-electron chi connectivity index (χ1n) is 8.14. The lowest BCUT2D eigenvalue weighted by atomic mass is 10.0. The molecule has 0 aromatic heterocycles. The molecule has 1 unspecified atom stereocenters. The number of carbonyl (C=O) groups excluding carboxylic acids is 1. The van der Waals surface area contributed by atoms with Crippen molar-refractivity contribution in [3.63, 3.8) is 0 Å². The van der Waals surface area contributed by atoms with Crippen molar-refractivity contribution >= 4 is 39.2 Å². The van der Waals surface area contributed by atoms with Crippen molar-refractivity contribution < 1.29 is 14.3 Å². The number of ether oxygens (including phenoxy) is 2. The van der Waals surface area contributed by atoms with Crippen LogP contribution in [0.5, 0.6) is 11.5 Å². The highest BCUT2D eigenvalue weighted by Gasteiger charge is 2.24. The van der Waals surface area contributed by atoms with E-state index in [9.17, 15) is 4.79 Å². The van der Waals surface area contributed by atoms with E-state index in [0.717, 1.165) is 17.8 Å². The van der Waals surface area contributed by atoms with Gasteiger partial charge in [-0.15, -0.1) is 0 Å². The Morgan fingerprint density at radius 1 is 1.44 bits per heavy atom. The first-order valence-corrected chi connectivity index (χ1v) is 9.34. The normalized spacial score (nSPS) is 17.2. The lowest BCUT2D eigenvalue weighted by Crippen LogP contribution is -2.43. The van der Waals surface area contributed by atoms with Gasteiger partial charge in [0.15, 0.2) is 16.6 Å². The first kappa shape index (κ1) is 19.7. The minimum absolute atomic E-state index is 0.0737. The maximum Gasteiger partial charge on any atom is 0.313 e. The van der Waals surface area contributed by atoms with Gasteiger partial charge in [-0.05, 0) is 65.8 Å². The summed E-state index contributed by atoms with van der Waals surface area (Å²) in [5.41, 5.74) is 2.06. The molecule has 5 nitrogen and oxygen atoms in total. The monoisotopic (exact) mass is 426 g/mol. The molecule has 0 saturated carbocycles. The molecular weight excluding hydrogens is 404 g/mol. The number of rotatable bonds is 5. The van der Waals surface area contributed by atoms with Crippen LogP contribution in [0.25, 0.3) is 0 Å². The van der Waals surface area contributed by atoms with Crippen LogP contribution in [0.1, 0.15) is 39.3 Å². The Balaban J connectivity index is 2.38. The van der Waals surface area contributed by atoms with Gasteiger partial charge in [0.05, 0.1) is 23.5 Å². The highest BCUT2D eigenvalue weighted by molar-refractivity contribution is 9.10. The fourth-order valence-electron chi connectivity index (χ4n) is 2.55. The van der Waals surface area contributed by atoms with Crippen LogP contribution >= 0.6 is 28.1 Å². The largest absolute Gasteiger partial charge is 0.493 e. The fraction of sp³-hybridized carbons (Fsp3) is 0.444. The number of esters is 1. The summed E-state index contributed by atoms with van der Waals surface area (Å²) in [7, 11) is 1.55. The zero-order valence-electron chi connectivity index (χ0n) is 15.1. The molecule has 1 atom stereocenters.